The first-order valence-electron chi connectivity index (χ1n) is 7.89. The molecular formula is C19H19F2N3O2. The lowest BCUT2D eigenvalue weighted by atomic mass is 10.1. The van der Waals surface area contributed by atoms with Crippen LogP contribution in [-0.2, 0) is 11.3 Å². The smallest absolute Gasteiger partial charge is 0.263 e. The van der Waals surface area contributed by atoms with Gasteiger partial charge in [0.25, 0.3) is 6.43 Å². The van der Waals surface area contributed by atoms with Crippen LogP contribution in [0.5, 0.6) is 5.75 Å². The molecule has 0 heterocycles. The van der Waals surface area contributed by atoms with E-state index in [2.05, 4.69) is 0 Å². The van der Waals surface area contributed by atoms with Crippen molar-refractivity contribution in [2.24, 2.45) is 0 Å². The van der Waals surface area contributed by atoms with Gasteiger partial charge in [-0.15, -0.1) is 0 Å². The van der Waals surface area contributed by atoms with Gasteiger partial charge in [-0.25, -0.2) is 8.78 Å². The van der Waals surface area contributed by atoms with Crippen LogP contribution < -0.4 is 15.4 Å². The number of nitrogens with two attached hydrogens (primary N) is 1. The summed E-state index contributed by atoms with van der Waals surface area (Å²) in [7, 11) is 1.74. The van der Waals surface area contributed by atoms with Crippen molar-refractivity contribution >= 4 is 17.7 Å². The van der Waals surface area contributed by atoms with Crippen LogP contribution in [0.15, 0.2) is 36.4 Å². The van der Waals surface area contributed by atoms with E-state index in [0.29, 0.717) is 29.8 Å². The fourth-order valence-corrected chi connectivity index (χ4v) is 2.49. The van der Waals surface area contributed by atoms with Crippen molar-refractivity contribution in [3.63, 3.8) is 0 Å². The van der Waals surface area contributed by atoms with E-state index in [9.17, 15) is 18.8 Å². The van der Waals surface area contributed by atoms with E-state index in [4.69, 9.17) is 10.5 Å². The average Bonchev–Trinajstić information content (AvgIpc) is 2.61. The van der Waals surface area contributed by atoms with Crippen molar-refractivity contribution in [2.45, 2.75) is 26.0 Å². The molecule has 0 aliphatic carbocycles. The Morgan fingerprint density at radius 2 is 2.08 bits per heavy atom. The molecule has 0 aliphatic heterocycles. The van der Waals surface area contributed by atoms with Crippen LogP contribution in [0.25, 0.3) is 0 Å². The van der Waals surface area contributed by atoms with Crippen molar-refractivity contribution in [3.05, 3.63) is 53.1 Å². The van der Waals surface area contributed by atoms with E-state index in [1.54, 1.807) is 37.1 Å². The number of nitriles is 1. The maximum absolute atomic E-state index is 12.9. The summed E-state index contributed by atoms with van der Waals surface area (Å²) in [5.74, 6) is 0.341. The van der Waals surface area contributed by atoms with Crippen molar-refractivity contribution < 1.29 is 18.3 Å². The highest BCUT2D eigenvalue weighted by Crippen LogP contribution is 2.34. The maximum atomic E-state index is 12.9. The predicted octanol–water partition coefficient (Wildman–Crippen LogP) is 3.68. The second-order valence-electron chi connectivity index (χ2n) is 5.88. The summed E-state index contributed by atoms with van der Waals surface area (Å²) in [6.07, 6.45) is -2.60. The van der Waals surface area contributed by atoms with E-state index in [0.717, 1.165) is 0 Å². The van der Waals surface area contributed by atoms with Gasteiger partial charge in [0, 0.05) is 25.2 Å². The number of aldehydes is 1. The van der Waals surface area contributed by atoms with E-state index < -0.39 is 12.5 Å². The van der Waals surface area contributed by atoms with Crippen LogP contribution in [0.3, 0.4) is 0 Å². The zero-order valence-electron chi connectivity index (χ0n) is 14.4. The van der Waals surface area contributed by atoms with Gasteiger partial charge in [-0.3, -0.25) is 4.79 Å². The molecule has 0 radical (unpaired) electrons. The first-order valence-corrected chi connectivity index (χ1v) is 7.89. The molecular weight excluding hydrogens is 340 g/mol. The van der Waals surface area contributed by atoms with Gasteiger partial charge in [0.15, 0.2) is 12.4 Å². The Morgan fingerprint density at radius 1 is 1.35 bits per heavy atom. The number of ether oxygens (including phenoxy) is 1. The molecule has 0 saturated heterocycles. The van der Waals surface area contributed by atoms with Crippen LogP contribution in [0.2, 0.25) is 0 Å². The van der Waals surface area contributed by atoms with Crippen molar-refractivity contribution in [2.75, 3.05) is 17.7 Å². The molecule has 2 aromatic carbocycles. The Bertz CT molecular complexity index is 834. The molecule has 2 aromatic rings. The summed E-state index contributed by atoms with van der Waals surface area (Å²) < 4.78 is 31.3. The minimum Gasteiger partial charge on any atom is -0.481 e. The van der Waals surface area contributed by atoms with E-state index in [1.165, 1.54) is 18.2 Å². The fraction of sp³-hybridized carbons (Fsp3) is 0.263. The number of carbonyl (C=O) groups is 1. The third kappa shape index (κ3) is 4.48. The molecule has 1 unspecified atom stereocenters. The number of nitrogens with zero attached hydrogens (tertiary/aromatic N) is 2. The molecule has 1 atom stereocenters. The number of carbonyl (C=O) groups excluding carboxylic acids is 1. The Labute approximate surface area is 150 Å². The van der Waals surface area contributed by atoms with Gasteiger partial charge in [-0.1, -0.05) is 18.2 Å². The van der Waals surface area contributed by atoms with Gasteiger partial charge in [0.2, 0.25) is 0 Å². The molecule has 0 spiro atoms. The molecule has 7 heteroatoms. The van der Waals surface area contributed by atoms with Gasteiger partial charge >= 0.3 is 0 Å². The van der Waals surface area contributed by atoms with Gasteiger partial charge in [-0.05, 0) is 24.6 Å². The highest BCUT2D eigenvalue weighted by atomic mass is 19.3. The SMILES string of the molecule is CC(C=O)Oc1cc(N)c(C#N)cc1N(C)Cc1cccc(C(F)F)c1. The minimum atomic E-state index is -2.55. The summed E-state index contributed by atoms with van der Waals surface area (Å²) in [6.45, 7) is 1.89. The Morgan fingerprint density at radius 3 is 2.69 bits per heavy atom. The quantitative estimate of drug-likeness (QED) is 0.603. The normalized spacial score (nSPS) is 11.7. The molecule has 0 aromatic heterocycles. The lowest BCUT2D eigenvalue weighted by Crippen LogP contribution is -2.20. The molecule has 0 aliphatic rings. The third-order valence-corrected chi connectivity index (χ3v) is 3.79. The molecule has 0 bridgehead atoms. The second-order valence-corrected chi connectivity index (χ2v) is 5.88. The number of benzene rings is 2. The Balaban J connectivity index is 2.37. The highest BCUT2D eigenvalue weighted by Gasteiger charge is 2.16. The number of anilines is 2. The molecule has 0 saturated carbocycles. The average molecular weight is 359 g/mol. The van der Waals surface area contributed by atoms with Crippen molar-refractivity contribution in [3.8, 4) is 11.8 Å². The van der Waals surface area contributed by atoms with Gasteiger partial charge in [0.1, 0.15) is 11.8 Å². The molecule has 0 fully saturated rings. The van der Waals surface area contributed by atoms with E-state index in [1.807, 2.05) is 6.07 Å². The highest BCUT2D eigenvalue weighted by molar-refractivity contribution is 5.71. The van der Waals surface area contributed by atoms with Crippen LogP contribution in [0, 0.1) is 11.3 Å². The fourth-order valence-electron chi connectivity index (χ4n) is 2.49. The first-order chi connectivity index (χ1) is 12.3. The molecule has 26 heavy (non-hydrogen) atoms. The monoisotopic (exact) mass is 359 g/mol. The molecule has 0 amide bonds. The summed E-state index contributed by atoms with van der Waals surface area (Å²) in [4.78, 5) is 12.6. The van der Waals surface area contributed by atoms with Gasteiger partial charge in [-0.2, -0.15) is 5.26 Å². The van der Waals surface area contributed by atoms with Crippen LogP contribution in [-0.4, -0.2) is 19.4 Å². The Kier molecular flexibility index (Phi) is 6.12. The van der Waals surface area contributed by atoms with Crippen molar-refractivity contribution in [1.82, 2.24) is 0 Å². The van der Waals surface area contributed by atoms with E-state index in [-0.39, 0.29) is 16.8 Å². The van der Waals surface area contributed by atoms with Crippen LogP contribution >= 0.6 is 0 Å². The topological polar surface area (TPSA) is 79.3 Å². The first kappa shape index (κ1) is 19.2. The summed E-state index contributed by atoms with van der Waals surface area (Å²) in [6, 6.07) is 11.1. The summed E-state index contributed by atoms with van der Waals surface area (Å²) in [5, 5.41) is 9.20. The lowest BCUT2D eigenvalue weighted by Gasteiger charge is -2.24. The summed E-state index contributed by atoms with van der Waals surface area (Å²) >= 11 is 0. The molecule has 136 valence electrons. The van der Waals surface area contributed by atoms with Crippen LogP contribution in [0.4, 0.5) is 20.2 Å². The maximum Gasteiger partial charge on any atom is 0.263 e. The molecule has 2 rings (SSSR count). The second kappa shape index (κ2) is 8.30. The van der Waals surface area contributed by atoms with E-state index >= 15 is 0 Å². The number of halogens is 2. The molecule has 2 N–H and O–H groups in total. The van der Waals surface area contributed by atoms with Crippen LogP contribution in [0.1, 0.15) is 30.0 Å². The number of nitrogen functional groups attached to an aromatic ring is 1. The summed E-state index contributed by atoms with van der Waals surface area (Å²) in [5.41, 5.74) is 7.48. The van der Waals surface area contributed by atoms with Gasteiger partial charge < -0.3 is 15.4 Å². The number of rotatable bonds is 7. The lowest BCUT2D eigenvalue weighted by molar-refractivity contribution is -0.113. The predicted molar refractivity (Wildman–Crippen MR) is 95.2 cm³/mol. The van der Waals surface area contributed by atoms with Crippen molar-refractivity contribution in [1.29, 1.82) is 5.26 Å². The largest absolute Gasteiger partial charge is 0.481 e. The number of hydrogen-bond acceptors (Lipinski definition) is 5. The Hall–Kier alpha value is -3.14. The number of alkyl halides is 2. The third-order valence-electron chi connectivity index (χ3n) is 3.79. The zero-order valence-corrected chi connectivity index (χ0v) is 14.4. The molecule has 5 nitrogen and oxygen atoms in total. The standard InChI is InChI=1S/C19H19F2N3O2/c1-12(11-25)26-18-8-16(23)15(9-22)7-17(18)24(2)10-13-4-3-5-14(6-13)19(20)21/h3-8,11-12,19H,10,23H2,1-2H3. The minimum absolute atomic E-state index is 0.0584. The zero-order chi connectivity index (χ0) is 19.3. The van der Waals surface area contributed by atoms with Gasteiger partial charge in [0.05, 0.1) is 16.9 Å². The number of hydrogen-bond donors (Lipinski definition) is 1.